The van der Waals surface area contributed by atoms with Gasteiger partial charge in [0.2, 0.25) is 11.8 Å². The first kappa shape index (κ1) is 33.9. The smallest absolute Gasteiger partial charge is 0.496 e. The van der Waals surface area contributed by atoms with Crippen molar-refractivity contribution in [3.8, 4) is 11.6 Å². The van der Waals surface area contributed by atoms with E-state index in [1.165, 1.54) is 38.6 Å². The summed E-state index contributed by atoms with van der Waals surface area (Å²) in [5, 5.41) is 8.37. The Morgan fingerprint density at radius 3 is 2.51 bits per heavy atom. The summed E-state index contributed by atoms with van der Waals surface area (Å²) >= 11 is 0. The SMILES string of the molecule is COc1cc(C(=O)Nc2cccc(S(=O)(=O)C(F)(F)F)c2)c(NC(=O)c2c(OC)ccnc2N[C@@H]2CC3(N4CCOCC4=O)CC2C3)cn1. The maximum atomic E-state index is 13.9. The van der Waals surface area contributed by atoms with E-state index in [4.69, 9.17) is 14.2 Å². The van der Waals surface area contributed by atoms with Crippen molar-refractivity contribution in [2.75, 3.05) is 49.9 Å². The van der Waals surface area contributed by atoms with Crippen molar-refractivity contribution < 1.29 is 50.2 Å². The topological polar surface area (TPSA) is 178 Å². The number of hydrogen-bond acceptors (Lipinski definition) is 11. The molecule has 3 N–H and O–H groups in total. The Bertz CT molecular complexity index is 1920. The zero-order valence-corrected chi connectivity index (χ0v) is 27.0. The number of carbonyl (C=O) groups excluding carboxylic acids is 3. The zero-order chi connectivity index (χ0) is 35.1. The van der Waals surface area contributed by atoms with Gasteiger partial charge in [-0.1, -0.05) is 6.07 Å². The Labute approximate surface area is 278 Å². The lowest BCUT2D eigenvalue weighted by atomic mass is 9.75. The average Bonchev–Trinajstić information content (AvgIpc) is 3.59. The third kappa shape index (κ3) is 6.32. The van der Waals surface area contributed by atoms with Crippen molar-refractivity contribution in [1.82, 2.24) is 14.9 Å². The number of amides is 3. The highest BCUT2D eigenvalue weighted by atomic mass is 32.2. The highest BCUT2D eigenvalue weighted by molar-refractivity contribution is 7.92. The van der Waals surface area contributed by atoms with Gasteiger partial charge in [0.1, 0.15) is 23.7 Å². The second-order valence-corrected chi connectivity index (χ2v) is 13.8. The molecule has 1 saturated heterocycles. The summed E-state index contributed by atoms with van der Waals surface area (Å²) in [5.74, 6) is -1.08. The highest BCUT2D eigenvalue weighted by Gasteiger charge is 2.60. The number of carbonyl (C=O) groups is 3. The van der Waals surface area contributed by atoms with Gasteiger partial charge in [-0.05, 0) is 49.4 Å². The average molecular weight is 705 g/mol. The number of anilines is 3. The fourth-order valence-electron chi connectivity index (χ4n) is 6.67. The lowest BCUT2D eigenvalue weighted by Crippen LogP contribution is -2.58. The van der Waals surface area contributed by atoms with Crippen molar-refractivity contribution in [3.63, 3.8) is 0 Å². The number of aromatic nitrogens is 2. The first-order valence-corrected chi connectivity index (χ1v) is 16.5. The number of fused-ring (bicyclic) bond motifs is 1. The van der Waals surface area contributed by atoms with Crippen molar-refractivity contribution >= 4 is 44.8 Å². The molecular formula is C31H31F3N6O8S. The number of morpholine rings is 1. The van der Waals surface area contributed by atoms with Crippen LogP contribution in [0, 0.1) is 5.92 Å². The molecule has 2 aromatic heterocycles. The van der Waals surface area contributed by atoms with Crippen LogP contribution < -0.4 is 25.4 Å². The van der Waals surface area contributed by atoms with E-state index in [1.807, 2.05) is 4.90 Å². The second kappa shape index (κ2) is 12.8. The first-order valence-electron chi connectivity index (χ1n) is 15.0. The maximum Gasteiger partial charge on any atom is 0.501 e. The molecule has 2 bridgehead atoms. The van der Waals surface area contributed by atoms with E-state index in [9.17, 15) is 36.0 Å². The van der Waals surface area contributed by atoms with Crippen LogP contribution in [0.2, 0.25) is 0 Å². The number of ether oxygens (including phenoxy) is 3. The van der Waals surface area contributed by atoms with Gasteiger partial charge in [-0.15, -0.1) is 0 Å². The van der Waals surface area contributed by atoms with Crippen LogP contribution in [-0.4, -0.2) is 92.1 Å². The van der Waals surface area contributed by atoms with Crippen molar-refractivity contribution in [3.05, 3.63) is 59.9 Å². The molecular weight excluding hydrogens is 673 g/mol. The Morgan fingerprint density at radius 1 is 1.04 bits per heavy atom. The van der Waals surface area contributed by atoms with Crippen LogP contribution in [0.1, 0.15) is 40.0 Å². The minimum absolute atomic E-state index is 0.0224. The number of benzene rings is 1. The van der Waals surface area contributed by atoms with Gasteiger partial charge in [-0.3, -0.25) is 14.4 Å². The van der Waals surface area contributed by atoms with Crippen molar-refractivity contribution in [2.24, 2.45) is 5.92 Å². The highest BCUT2D eigenvalue weighted by Crippen LogP contribution is 2.56. The van der Waals surface area contributed by atoms with E-state index < -0.39 is 32.1 Å². The summed E-state index contributed by atoms with van der Waals surface area (Å²) in [6.45, 7) is 1.05. The molecule has 0 unspecified atom stereocenters. The lowest BCUT2D eigenvalue weighted by Gasteiger charge is -2.48. The number of alkyl halides is 3. The van der Waals surface area contributed by atoms with Crippen LogP contribution >= 0.6 is 0 Å². The van der Waals surface area contributed by atoms with Gasteiger partial charge in [0, 0.05) is 36.1 Å². The van der Waals surface area contributed by atoms with E-state index in [-0.39, 0.29) is 70.0 Å². The zero-order valence-electron chi connectivity index (χ0n) is 26.2. The van der Waals surface area contributed by atoms with Crippen LogP contribution in [0.15, 0.2) is 53.7 Å². The van der Waals surface area contributed by atoms with Gasteiger partial charge in [-0.25, -0.2) is 18.4 Å². The molecule has 0 radical (unpaired) electrons. The van der Waals surface area contributed by atoms with E-state index in [1.54, 1.807) is 0 Å². The minimum Gasteiger partial charge on any atom is -0.496 e. The summed E-state index contributed by atoms with van der Waals surface area (Å²) in [6, 6.07) is 6.26. The van der Waals surface area contributed by atoms with Gasteiger partial charge < -0.3 is 35.1 Å². The summed E-state index contributed by atoms with van der Waals surface area (Å²) in [6.07, 6.45) is 4.90. The maximum absolute atomic E-state index is 13.9. The van der Waals surface area contributed by atoms with Crippen LogP contribution in [0.5, 0.6) is 11.6 Å². The molecule has 4 aliphatic rings. The minimum atomic E-state index is -5.68. The van der Waals surface area contributed by atoms with Gasteiger partial charge in [0.15, 0.2) is 0 Å². The normalized spacial score (nSPS) is 21.8. The summed E-state index contributed by atoms with van der Waals surface area (Å²) in [7, 11) is -3.01. The van der Waals surface area contributed by atoms with E-state index in [2.05, 4.69) is 25.9 Å². The molecule has 18 heteroatoms. The quantitative estimate of drug-likeness (QED) is 0.282. The third-order valence-electron chi connectivity index (χ3n) is 8.98. The second-order valence-electron chi connectivity index (χ2n) is 11.8. The molecule has 1 atom stereocenters. The Morgan fingerprint density at radius 2 is 1.82 bits per heavy atom. The van der Waals surface area contributed by atoms with Crippen molar-refractivity contribution in [1.29, 1.82) is 0 Å². The van der Waals surface area contributed by atoms with Gasteiger partial charge in [-0.2, -0.15) is 13.2 Å². The number of nitrogens with zero attached hydrogens (tertiary/aromatic N) is 3. The summed E-state index contributed by atoms with van der Waals surface area (Å²) < 4.78 is 79.1. The van der Waals surface area contributed by atoms with Crippen LogP contribution in [-0.2, 0) is 19.4 Å². The Kier molecular flexibility index (Phi) is 8.87. The molecule has 1 aliphatic heterocycles. The number of rotatable bonds is 10. The number of nitrogens with one attached hydrogen (secondary N) is 3. The Hall–Kier alpha value is -4.97. The van der Waals surface area contributed by atoms with Crippen LogP contribution in [0.4, 0.5) is 30.4 Å². The molecule has 3 amide bonds. The molecule has 49 heavy (non-hydrogen) atoms. The largest absolute Gasteiger partial charge is 0.501 e. The number of sulfone groups is 1. The molecule has 4 fully saturated rings. The van der Waals surface area contributed by atoms with Gasteiger partial charge in [0.05, 0.1) is 43.2 Å². The van der Waals surface area contributed by atoms with Crippen molar-refractivity contribution in [2.45, 2.75) is 41.2 Å². The predicted octanol–water partition coefficient (Wildman–Crippen LogP) is 3.48. The number of hydrogen-bond donors (Lipinski definition) is 3. The summed E-state index contributed by atoms with van der Waals surface area (Å²) in [4.78, 5) is 49.2. The number of halogens is 3. The van der Waals surface area contributed by atoms with Gasteiger partial charge >= 0.3 is 5.51 Å². The molecule has 3 aliphatic carbocycles. The monoisotopic (exact) mass is 704 g/mol. The third-order valence-corrected chi connectivity index (χ3v) is 10.5. The van der Waals surface area contributed by atoms with Gasteiger partial charge in [0.25, 0.3) is 21.7 Å². The fraction of sp³-hybridized carbons (Fsp3) is 0.387. The molecule has 7 rings (SSSR count). The van der Waals surface area contributed by atoms with Crippen LogP contribution in [0.25, 0.3) is 0 Å². The van der Waals surface area contributed by atoms with E-state index in [0.29, 0.717) is 25.6 Å². The Balaban J connectivity index is 1.24. The molecule has 0 spiro atoms. The number of methoxy groups -OCH3 is 2. The molecule has 260 valence electrons. The summed E-state index contributed by atoms with van der Waals surface area (Å²) in [5.41, 5.74) is -6.36. The standard InChI is InChI=1S/C31H31F3N6O8S/c1-46-23-6-7-35-27(38-21-14-30(12-17(21)13-30)40-8-9-48-16-25(40)41)26(23)29(43)39-22-15-36-24(47-2)11-20(22)28(42)37-18-4-3-5-19(10-18)49(44,45)31(32,33)34/h3-7,10-11,15,17,21H,8-9,12-14,16H2,1-2H3,(H,35,38)(H,37,42)(H,39,43)/t17?,21-,30?/m1/s1. The fourth-order valence-corrected chi connectivity index (χ4v) is 7.48. The van der Waals surface area contributed by atoms with E-state index >= 15 is 0 Å². The molecule has 1 aromatic carbocycles. The molecule has 3 aromatic rings. The predicted molar refractivity (Wildman–Crippen MR) is 167 cm³/mol. The molecule has 14 nitrogen and oxygen atoms in total. The molecule has 3 heterocycles. The van der Waals surface area contributed by atoms with E-state index in [0.717, 1.165) is 31.2 Å². The van der Waals surface area contributed by atoms with Crippen LogP contribution in [0.3, 0.4) is 0 Å². The number of pyridine rings is 2. The first-order chi connectivity index (χ1) is 23.3. The lowest BCUT2D eigenvalue weighted by molar-refractivity contribution is -0.154. The molecule has 3 saturated carbocycles.